The molecular weight excluding hydrogens is 1870 g/mol. The third-order valence-corrected chi connectivity index (χ3v) is 26.7. The van der Waals surface area contributed by atoms with Gasteiger partial charge < -0.3 is 101 Å². The highest BCUT2D eigenvalue weighted by Crippen LogP contribution is 2.42. The Balaban J connectivity index is 0.000000138. The number of hydrogen-bond acceptors (Lipinski definition) is 30. The van der Waals surface area contributed by atoms with Crippen molar-refractivity contribution in [2.75, 3.05) is 161 Å². The lowest BCUT2D eigenvalue weighted by Gasteiger charge is -2.32. The first-order valence-corrected chi connectivity index (χ1v) is 48.9. The number of hydrogen-bond donors (Lipinski definition) is 2. The van der Waals surface area contributed by atoms with Crippen molar-refractivity contribution in [3.05, 3.63) is 218 Å². The standard InChI is InChI=1S/3C26H28N4O5.C15H19N3O3.C11H11NO3.CH3FS/c3*1-33-21-9-8-18(14-22(21)34-2)24-27-25(35-28-24)17-10-12-29(13-11-17)26(32)19-15-23(31)30(16-19)20-6-4-3-5-7-20;1-19-12-4-3-11(9-13(12)20-2)14-17-15(21-18-14)10-5-7-16-8-6-10;13-10-6-8(11(14)15)7-12(10)9-4-2-1-3-5-9;1-3-2/h3*3-9,14,17,19H,10-13,15-16H2,1-2H3;3-4,9-10,16H,5-8H2,1-2H3;1-5,8H,6-7H2,(H,14,15);1H3/t2*19-;;;;/m10..../s1. The molecule has 39 heteroatoms. The van der Waals surface area contributed by atoms with Gasteiger partial charge in [0.05, 0.1) is 80.6 Å². The van der Waals surface area contributed by atoms with Crippen LogP contribution in [0.15, 0.2) is 212 Å². The van der Waals surface area contributed by atoms with Crippen molar-refractivity contribution < 1.29 is 103 Å². The third-order valence-electron chi connectivity index (χ3n) is 26.7. The molecule has 12 aromatic rings. The van der Waals surface area contributed by atoms with Crippen LogP contribution in [0.3, 0.4) is 0 Å². The topological polar surface area (TPSA) is 421 Å². The molecule has 8 saturated heterocycles. The number of para-hydroxylation sites is 4. The van der Waals surface area contributed by atoms with E-state index in [2.05, 4.69) is 45.9 Å². The molecule has 0 spiro atoms. The van der Waals surface area contributed by atoms with E-state index in [0.717, 1.165) is 115 Å². The molecule has 756 valence electrons. The number of rotatable bonds is 24. The molecule has 0 saturated carbocycles. The minimum atomic E-state index is -0.901. The van der Waals surface area contributed by atoms with Gasteiger partial charge in [-0.15, -0.1) is 0 Å². The summed E-state index contributed by atoms with van der Waals surface area (Å²) in [4.78, 5) is 130. The Kier molecular flexibility index (Phi) is 35.4. The van der Waals surface area contributed by atoms with Crippen molar-refractivity contribution in [2.24, 2.45) is 23.7 Å². The molecule has 8 aromatic carbocycles. The summed E-state index contributed by atoms with van der Waals surface area (Å²) < 4.78 is 74.8. The molecule has 4 aromatic heterocycles. The summed E-state index contributed by atoms with van der Waals surface area (Å²) >= 11 is 0.250. The van der Waals surface area contributed by atoms with Crippen molar-refractivity contribution in [3.63, 3.8) is 0 Å². The molecule has 8 fully saturated rings. The fourth-order valence-electron chi connectivity index (χ4n) is 18.8. The van der Waals surface area contributed by atoms with Crippen LogP contribution in [0.25, 0.3) is 45.6 Å². The summed E-state index contributed by atoms with van der Waals surface area (Å²) in [5.41, 5.74) is 6.48. The number of aromatic nitrogens is 8. The second-order valence-electron chi connectivity index (χ2n) is 35.4. The van der Waals surface area contributed by atoms with E-state index in [1.54, 1.807) is 89.8 Å². The number of carbonyl (C=O) groups excluding carboxylic acids is 7. The number of nitrogens with one attached hydrogen (secondary N) is 1. The van der Waals surface area contributed by atoms with Crippen molar-refractivity contribution in [1.82, 2.24) is 60.6 Å². The van der Waals surface area contributed by atoms with Gasteiger partial charge in [-0.25, -0.2) is 0 Å². The molecule has 144 heavy (non-hydrogen) atoms. The number of carboxylic acids is 1. The van der Waals surface area contributed by atoms with Crippen LogP contribution < -0.4 is 62.8 Å². The largest absolute Gasteiger partial charge is 0.493 e. The lowest BCUT2D eigenvalue weighted by atomic mass is 9.95. The molecule has 2 N–H and O–H groups in total. The lowest BCUT2D eigenvalue weighted by Crippen LogP contribution is -2.42. The molecule has 12 heterocycles. The van der Waals surface area contributed by atoms with Gasteiger partial charge >= 0.3 is 5.97 Å². The molecule has 2 unspecified atom stereocenters. The van der Waals surface area contributed by atoms with Gasteiger partial charge in [0.1, 0.15) is 0 Å². The fourth-order valence-corrected chi connectivity index (χ4v) is 18.8. The van der Waals surface area contributed by atoms with E-state index in [4.69, 9.17) is 61.1 Å². The zero-order valence-corrected chi connectivity index (χ0v) is 82.5. The maximum atomic E-state index is 13.1. The Bertz CT molecular complexity index is 5880. The quantitative estimate of drug-likeness (QED) is 0.0567. The molecule has 8 aliphatic rings. The molecular formula is C105H117FN16O21S. The maximum absolute atomic E-state index is 13.1. The number of carboxylic acid groups (broad SMARTS) is 1. The summed E-state index contributed by atoms with van der Waals surface area (Å²) in [6.45, 7) is 7.19. The van der Waals surface area contributed by atoms with Crippen molar-refractivity contribution in [2.45, 2.75) is 101 Å². The fraction of sp³-hybridized carbons (Fsp3) is 0.390. The van der Waals surface area contributed by atoms with E-state index < -0.39 is 11.9 Å². The first-order valence-electron chi connectivity index (χ1n) is 47.7. The Labute approximate surface area is 836 Å². The van der Waals surface area contributed by atoms with Crippen LogP contribution in [0.1, 0.15) is 124 Å². The average Bonchev–Trinajstić information content (AvgIpc) is 1.65. The highest BCUT2D eigenvalue weighted by molar-refractivity contribution is 7.93. The number of aliphatic carboxylic acids is 1. The van der Waals surface area contributed by atoms with Gasteiger partial charge in [-0.2, -0.15) is 23.8 Å². The first kappa shape index (κ1) is 103. The minimum Gasteiger partial charge on any atom is -0.493 e. The second-order valence-corrected chi connectivity index (χ2v) is 35.7. The number of benzene rings is 8. The van der Waals surface area contributed by atoms with Crippen LogP contribution >= 0.6 is 12.1 Å². The summed E-state index contributed by atoms with van der Waals surface area (Å²) in [5.74, 6) is 7.79. The third kappa shape index (κ3) is 25.1. The lowest BCUT2D eigenvalue weighted by molar-refractivity contribution is -0.141. The van der Waals surface area contributed by atoms with Gasteiger partial charge in [-0.3, -0.25) is 38.4 Å². The highest BCUT2D eigenvalue weighted by Gasteiger charge is 2.44. The van der Waals surface area contributed by atoms with Crippen LogP contribution in [0.2, 0.25) is 0 Å². The summed E-state index contributed by atoms with van der Waals surface area (Å²) in [5, 5.41) is 28.7. The van der Waals surface area contributed by atoms with Crippen LogP contribution in [-0.4, -0.2) is 249 Å². The molecule has 8 aliphatic heterocycles. The Hall–Kier alpha value is -15.3. The van der Waals surface area contributed by atoms with Gasteiger partial charge in [-0.1, -0.05) is 93.4 Å². The Morgan fingerprint density at radius 2 is 0.542 bits per heavy atom. The number of nitrogens with zero attached hydrogens (tertiary/aromatic N) is 15. The number of likely N-dealkylation sites (tertiary alicyclic amines) is 3. The number of halogens is 1. The van der Waals surface area contributed by atoms with E-state index in [1.807, 2.05) is 191 Å². The maximum Gasteiger partial charge on any atom is 0.308 e. The molecule has 20 rings (SSSR count). The van der Waals surface area contributed by atoms with Crippen molar-refractivity contribution >= 4 is 82.2 Å². The smallest absolute Gasteiger partial charge is 0.308 e. The number of ether oxygens (including phenoxy) is 8. The van der Waals surface area contributed by atoms with Crippen LogP contribution in [0.5, 0.6) is 46.0 Å². The number of methoxy groups -OCH3 is 8. The van der Waals surface area contributed by atoms with E-state index >= 15 is 0 Å². The molecule has 4 atom stereocenters. The second kappa shape index (κ2) is 49.4. The summed E-state index contributed by atoms with van der Waals surface area (Å²) in [7, 11) is 12.7. The summed E-state index contributed by atoms with van der Waals surface area (Å²) in [6.07, 6.45) is 8.75. The molecule has 7 amide bonds. The van der Waals surface area contributed by atoms with Crippen molar-refractivity contribution in [3.8, 4) is 91.5 Å². The first-order chi connectivity index (χ1) is 70.1. The average molecular weight is 1990 g/mol. The van der Waals surface area contributed by atoms with Crippen LogP contribution in [0.4, 0.5) is 26.6 Å². The zero-order valence-electron chi connectivity index (χ0n) is 81.7. The highest BCUT2D eigenvalue weighted by atomic mass is 32.2. The van der Waals surface area contributed by atoms with Gasteiger partial charge in [0, 0.05) is 178 Å². The van der Waals surface area contributed by atoms with Gasteiger partial charge in [0.2, 0.25) is 88.2 Å². The number of carbonyl (C=O) groups is 8. The minimum absolute atomic E-state index is 0.00186. The van der Waals surface area contributed by atoms with E-state index in [-0.39, 0.29) is 121 Å². The Morgan fingerprint density at radius 3 is 0.757 bits per heavy atom. The van der Waals surface area contributed by atoms with Gasteiger partial charge in [0.15, 0.2) is 46.0 Å². The van der Waals surface area contributed by atoms with Crippen LogP contribution in [0, 0.1) is 23.7 Å². The number of piperidine rings is 4. The van der Waals surface area contributed by atoms with E-state index in [9.17, 15) is 42.2 Å². The molecule has 0 bridgehead atoms. The molecule has 0 aliphatic carbocycles. The number of amides is 7. The zero-order chi connectivity index (χ0) is 101. The molecule has 37 nitrogen and oxygen atoms in total. The Morgan fingerprint density at radius 1 is 0.326 bits per heavy atom. The predicted octanol–water partition coefficient (Wildman–Crippen LogP) is 15.1. The van der Waals surface area contributed by atoms with E-state index in [0.29, 0.717) is 152 Å². The SMILES string of the molecule is COc1ccc(-c2noc(C3CCN(C(=O)C4CC(=O)N(c5ccccc5)C4)CC3)n2)cc1OC.COc1ccc(-c2noc(C3CCN(C(=O)[C@@H]4CC(=O)N(c5ccccc5)C4)CC3)n2)cc1OC.COc1ccc(-c2noc(C3CCN(C(=O)[C@H]4CC(=O)N(c5ccccc5)C4)CC3)n2)cc1OC.COc1ccc(-c2noc(C3CCNCC3)n2)cc1OC.CSF.O=C(O)C1CC(=O)N(c2ccccc2)C1. The predicted molar refractivity (Wildman–Crippen MR) is 532 cm³/mol. The summed E-state index contributed by atoms with van der Waals surface area (Å²) in [6, 6.07) is 59.7. The molecule has 0 radical (unpaired) electrons. The monoisotopic (exact) mass is 1990 g/mol. The van der Waals surface area contributed by atoms with Gasteiger partial charge in [0.25, 0.3) is 0 Å². The normalized spacial score (nSPS) is 18.2. The van der Waals surface area contributed by atoms with Crippen molar-refractivity contribution in [1.29, 1.82) is 0 Å². The van der Waals surface area contributed by atoms with E-state index in [1.165, 1.54) is 11.2 Å². The van der Waals surface area contributed by atoms with Gasteiger partial charge in [-0.05, 0) is 186 Å². The number of anilines is 4. The van der Waals surface area contributed by atoms with Crippen LogP contribution in [-0.2, 0) is 38.4 Å².